The molecule has 29 heavy (non-hydrogen) atoms. The molecule has 0 amide bonds. The van der Waals surface area contributed by atoms with Gasteiger partial charge in [0.25, 0.3) is 0 Å². The van der Waals surface area contributed by atoms with Gasteiger partial charge in [-0.3, -0.25) is 0 Å². The minimum Gasteiger partial charge on any atom is -0.507 e. The molecular weight excluding hydrogens is 492 g/mol. The molecule has 4 aromatic carbocycles. The monoisotopic (exact) mass is 506 g/mol. The van der Waals surface area contributed by atoms with E-state index < -0.39 is 5.41 Å². The van der Waals surface area contributed by atoms with Crippen molar-refractivity contribution in [3.8, 4) is 22.6 Å². The molecule has 5 rings (SSSR count). The van der Waals surface area contributed by atoms with E-state index in [0.29, 0.717) is 8.95 Å². The molecule has 1 aliphatic carbocycles. The highest BCUT2D eigenvalue weighted by Gasteiger charge is 2.48. The van der Waals surface area contributed by atoms with Crippen LogP contribution in [0.5, 0.6) is 11.5 Å². The molecule has 142 valence electrons. The molecule has 2 nitrogen and oxygen atoms in total. The van der Waals surface area contributed by atoms with Crippen LogP contribution < -0.4 is 0 Å². The Hall–Kier alpha value is -2.56. The average Bonchev–Trinajstić information content (AvgIpc) is 3.04. The fourth-order valence-electron chi connectivity index (χ4n) is 4.58. The average molecular weight is 508 g/mol. The lowest BCUT2D eigenvalue weighted by Crippen LogP contribution is -2.29. The minimum absolute atomic E-state index is 0.181. The van der Waals surface area contributed by atoms with Crippen LogP contribution in [0.1, 0.15) is 22.3 Å². The fraction of sp³-hybridized carbons (Fsp3) is 0.0400. The summed E-state index contributed by atoms with van der Waals surface area (Å²) in [5.74, 6) is 0.361. The molecule has 2 N–H and O–H groups in total. The molecule has 0 aliphatic heterocycles. The number of benzene rings is 4. The van der Waals surface area contributed by atoms with Crippen molar-refractivity contribution in [3.63, 3.8) is 0 Å². The third kappa shape index (κ3) is 2.46. The van der Waals surface area contributed by atoms with Crippen LogP contribution >= 0.6 is 31.9 Å². The summed E-state index contributed by atoms with van der Waals surface area (Å²) in [5, 5.41) is 21.1. The molecule has 0 fully saturated rings. The predicted molar refractivity (Wildman–Crippen MR) is 122 cm³/mol. The largest absolute Gasteiger partial charge is 0.507 e. The van der Waals surface area contributed by atoms with Gasteiger partial charge in [0, 0.05) is 0 Å². The van der Waals surface area contributed by atoms with Crippen molar-refractivity contribution in [2.24, 2.45) is 0 Å². The topological polar surface area (TPSA) is 40.5 Å². The lowest BCUT2D eigenvalue weighted by atomic mass is 9.67. The van der Waals surface area contributed by atoms with Crippen molar-refractivity contribution >= 4 is 31.9 Å². The normalized spacial score (nSPS) is 13.7. The van der Waals surface area contributed by atoms with Gasteiger partial charge in [0.2, 0.25) is 0 Å². The Balaban J connectivity index is 2.04. The first-order chi connectivity index (χ1) is 14.1. The SMILES string of the molecule is Oc1cccc(C2(c3cccc(O)c3Br)c3ccccc3-c3ccccc32)c1Br. The van der Waals surface area contributed by atoms with Gasteiger partial charge in [-0.05, 0) is 77.4 Å². The molecule has 0 unspecified atom stereocenters. The van der Waals surface area contributed by atoms with Crippen molar-refractivity contribution in [1.29, 1.82) is 0 Å². The smallest absolute Gasteiger partial charge is 0.130 e. The van der Waals surface area contributed by atoms with Crippen LogP contribution in [-0.4, -0.2) is 10.2 Å². The number of phenolic OH excluding ortho intramolecular Hbond substituents is 2. The Kier molecular flexibility index (Phi) is 4.30. The second-order valence-corrected chi connectivity index (χ2v) is 8.70. The zero-order valence-corrected chi connectivity index (χ0v) is 18.4. The van der Waals surface area contributed by atoms with Crippen LogP contribution in [0.3, 0.4) is 0 Å². The van der Waals surface area contributed by atoms with E-state index in [4.69, 9.17) is 0 Å². The second kappa shape index (κ2) is 6.75. The quantitative estimate of drug-likeness (QED) is 0.270. The van der Waals surface area contributed by atoms with Crippen molar-refractivity contribution in [2.75, 3.05) is 0 Å². The highest BCUT2D eigenvalue weighted by atomic mass is 79.9. The van der Waals surface area contributed by atoms with Gasteiger partial charge in [0.05, 0.1) is 14.4 Å². The van der Waals surface area contributed by atoms with Crippen molar-refractivity contribution in [3.05, 3.63) is 116 Å². The van der Waals surface area contributed by atoms with Gasteiger partial charge in [-0.15, -0.1) is 0 Å². The molecule has 0 saturated carbocycles. The zero-order chi connectivity index (χ0) is 20.2. The van der Waals surface area contributed by atoms with E-state index in [1.807, 2.05) is 48.5 Å². The summed E-state index contributed by atoms with van der Waals surface area (Å²) < 4.78 is 1.28. The number of fused-ring (bicyclic) bond motifs is 3. The Morgan fingerprint density at radius 2 is 0.862 bits per heavy atom. The molecule has 0 aromatic heterocycles. The first-order valence-corrected chi connectivity index (χ1v) is 10.8. The van der Waals surface area contributed by atoms with Crippen LogP contribution in [0.15, 0.2) is 93.9 Å². The van der Waals surface area contributed by atoms with Crippen LogP contribution in [0.25, 0.3) is 11.1 Å². The molecule has 0 saturated heterocycles. The molecule has 0 spiro atoms. The van der Waals surface area contributed by atoms with Crippen LogP contribution in [0, 0.1) is 0 Å². The standard InChI is InChI=1S/C25H16Br2O2/c26-23-19(11-5-13-21(23)28)25(20-12-6-14-22(29)24(20)27)17-9-3-1-7-15(17)16-8-2-4-10-18(16)25/h1-14,28-29H. The van der Waals surface area contributed by atoms with Crippen LogP contribution in [0.4, 0.5) is 0 Å². The first kappa shape index (κ1) is 18.5. The number of aromatic hydroxyl groups is 2. The summed E-state index contributed by atoms with van der Waals surface area (Å²) in [6.45, 7) is 0. The van der Waals surface area contributed by atoms with Gasteiger partial charge in [-0.25, -0.2) is 0 Å². The van der Waals surface area contributed by atoms with Crippen LogP contribution in [0.2, 0.25) is 0 Å². The van der Waals surface area contributed by atoms with E-state index in [9.17, 15) is 10.2 Å². The van der Waals surface area contributed by atoms with E-state index in [0.717, 1.165) is 33.4 Å². The molecule has 0 atom stereocenters. The van der Waals surface area contributed by atoms with E-state index in [1.54, 1.807) is 12.1 Å². The molecular formula is C25H16Br2O2. The third-order valence-corrected chi connectivity index (χ3v) is 7.38. The third-order valence-electron chi connectivity index (χ3n) is 5.72. The zero-order valence-electron chi connectivity index (χ0n) is 15.2. The van der Waals surface area contributed by atoms with E-state index in [-0.39, 0.29) is 11.5 Å². The molecule has 4 aromatic rings. The summed E-state index contributed by atoms with van der Waals surface area (Å²) >= 11 is 7.28. The second-order valence-electron chi connectivity index (χ2n) is 7.12. The summed E-state index contributed by atoms with van der Waals surface area (Å²) in [4.78, 5) is 0. The Morgan fingerprint density at radius 1 is 0.483 bits per heavy atom. The highest BCUT2D eigenvalue weighted by Crippen LogP contribution is 2.59. The number of phenols is 2. The van der Waals surface area contributed by atoms with Gasteiger partial charge >= 0.3 is 0 Å². The van der Waals surface area contributed by atoms with Gasteiger partial charge in [0.15, 0.2) is 0 Å². The summed E-state index contributed by atoms with van der Waals surface area (Å²) in [5.41, 5.74) is 5.64. The van der Waals surface area contributed by atoms with E-state index >= 15 is 0 Å². The van der Waals surface area contributed by atoms with Gasteiger partial charge in [0.1, 0.15) is 11.5 Å². The Bertz CT molecular complexity index is 1160. The van der Waals surface area contributed by atoms with Gasteiger partial charge < -0.3 is 10.2 Å². The first-order valence-electron chi connectivity index (χ1n) is 9.22. The van der Waals surface area contributed by atoms with E-state index in [2.05, 4.69) is 56.1 Å². The van der Waals surface area contributed by atoms with Gasteiger partial charge in [-0.1, -0.05) is 72.8 Å². The maximum Gasteiger partial charge on any atom is 0.130 e. The molecule has 1 aliphatic rings. The summed E-state index contributed by atoms with van der Waals surface area (Å²) in [6.07, 6.45) is 0. The number of rotatable bonds is 2. The fourth-order valence-corrected chi connectivity index (χ4v) is 5.70. The molecule has 0 radical (unpaired) electrons. The van der Waals surface area contributed by atoms with Crippen molar-refractivity contribution in [1.82, 2.24) is 0 Å². The maximum absolute atomic E-state index is 10.5. The summed E-state index contributed by atoms with van der Waals surface area (Å²) in [7, 11) is 0. The van der Waals surface area contributed by atoms with Crippen molar-refractivity contribution in [2.45, 2.75) is 5.41 Å². The Morgan fingerprint density at radius 3 is 1.31 bits per heavy atom. The predicted octanol–water partition coefficient (Wildman–Crippen LogP) is 6.99. The molecule has 4 heteroatoms. The van der Waals surface area contributed by atoms with E-state index in [1.165, 1.54) is 0 Å². The lowest BCUT2D eigenvalue weighted by Gasteiger charge is -2.35. The van der Waals surface area contributed by atoms with Crippen molar-refractivity contribution < 1.29 is 10.2 Å². The summed E-state index contributed by atoms with van der Waals surface area (Å²) in [6, 6.07) is 27.8. The molecule has 0 bridgehead atoms. The van der Waals surface area contributed by atoms with Gasteiger partial charge in [-0.2, -0.15) is 0 Å². The molecule has 0 heterocycles. The lowest BCUT2D eigenvalue weighted by molar-refractivity contribution is 0.468. The number of halogens is 2. The van der Waals surface area contributed by atoms with Crippen LogP contribution in [-0.2, 0) is 5.41 Å². The maximum atomic E-state index is 10.5. The minimum atomic E-state index is -0.706. The number of hydrogen-bond donors (Lipinski definition) is 2. The Labute approximate surface area is 185 Å². The number of hydrogen-bond acceptors (Lipinski definition) is 2. The highest BCUT2D eigenvalue weighted by molar-refractivity contribution is 9.11.